The van der Waals surface area contributed by atoms with Crippen molar-refractivity contribution in [3.63, 3.8) is 0 Å². The number of anilines is 1. The van der Waals surface area contributed by atoms with Crippen LogP contribution in [0, 0.1) is 0 Å². The number of aromatic nitrogens is 7. The fourth-order valence-electron chi connectivity index (χ4n) is 4.22. The third-order valence-electron chi connectivity index (χ3n) is 5.71. The van der Waals surface area contributed by atoms with Crippen molar-refractivity contribution < 1.29 is 0 Å². The van der Waals surface area contributed by atoms with Gasteiger partial charge in [0.2, 0.25) is 0 Å². The van der Waals surface area contributed by atoms with Crippen molar-refractivity contribution in [2.24, 2.45) is 0 Å². The molecule has 0 aromatic carbocycles. The largest absolute Gasteiger partial charge is 0.356 e. The monoisotopic (exact) mass is 396 g/mol. The molecule has 6 heterocycles. The van der Waals surface area contributed by atoms with Crippen LogP contribution in [0.3, 0.4) is 0 Å². The lowest BCUT2D eigenvalue weighted by Gasteiger charge is -2.28. The van der Waals surface area contributed by atoms with Crippen molar-refractivity contribution in [3.05, 3.63) is 49.2 Å². The molecule has 1 aliphatic heterocycles. The highest BCUT2D eigenvalue weighted by Crippen LogP contribution is 2.33. The molecule has 0 atom stereocenters. The molecular weight excluding hydrogens is 376 g/mol. The van der Waals surface area contributed by atoms with Gasteiger partial charge in [-0.05, 0) is 37.5 Å². The average Bonchev–Trinajstić information content (AvgIpc) is 3.43. The van der Waals surface area contributed by atoms with Gasteiger partial charge >= 0.3 is 0 Å². The van der Waals surface area contributed by atoms with Crippen LogP contribution >= 0.6 is 0 Å². The lowest BCUT2D eigenvalue weighted by atomic mass is 10.1. The van der Waals surface area contributed by atoms with E-state index in [1.165, 1.54) is 19.3 Å². The second-order valence-corrected chi connectivity index (χ2v) is 7.60. The Morgan fingerprint density at radius 1 is 0.800 bits per heavy atom. The molecule has 8 nitrogen and oxygen atoms in total. The zero-order chi connectivity index (χ0) is 19.9. The van der Waals surface area contributed by atoms with Gasteiger partial charge in [-0.25, -0.2) is 4.98 Å². The van der Waals surface area contributed by atoms with Crippen LogP contribution in [0.25, 0.3) is 44.6 Å². The zero-order valence-electron chi connectivity index (χ0n) is 16.3. The number of H-pyrrole nitrogens is 2. The van der Waals surface area contributed by atoms with Gasteiger partial charge in [-0.3, -0.25) is 20.1 Å². The maximum atomic E-state index is 4.69. The van der Waals surface area contributed by atoms with Gasteiger partial charge in [0.15, 0.2) is 0 Å². The van der Waals surface area contributed by atoms with Crippen molar-refractivity contribution in [1.29, 1.82) is 0 Å². The second kappa shape index (κ2) is 6.91. The third kappa shape index (κ3) is 2.80. The summed E-state index contributed by atoms with van der Waals surface area (Å²) in [5.74, 6) is 1.05. The normalized spacial score (nSPS) is 14.6. The van der Waals surface area contributed by atoms with Crippen LogP contribution in [-0.2, 0) is 0 Å². The van der Waals surface area contributed by atoms with Crippen LogP contribution in [0.2, 0.25) is 0 Å². The van der Waals surface area contributed by atoms with E-state index in [4.69, 9.17) is 4.98 Å². The summed E-state index contributed by atoms with van der Waals surface area (Å²) in [6.45, 7) is 2.12. The number of fused-ring (bicyclic) bond motifs is 2. The third-order valence-corrected chi connectivity index (χ3v) is 5.71. The Kier molecular flexibility index (Phi) is 3.93. The summed E-state index contributed by atoms with van der Waals surface area (Å²) in [4.78, 5) is 23.6. The summed E-state index contributed by atoms with van der Waals surface area (Å²) in [5.41, 5.74) is 5.27. The van der Waals surface area contributed by atoms with E-state index < -0.39 is 0 Å². The number of hydrogen-bond acceptors (Lipinski definition) is 6. The van der Waals surface area contributed by atoms with E-state index in [1.54, 1.807) is 24.8 Å². The first-order valence-electron chi connectivity index (χ1n) is 10.2. The fraction of sp³-hybridized carbons (Fsp3) is 0.227. The maximum absolute atomic E-state index is 4.69. The molecule has 0 amide bonds. The Hall–Kier alpha value is -3.81. The van der Waals surface area contributed by atoms with Crippen molar-refractivity contribution in [2.45, 2.75) is 19.3 Å². The van der Waals surface area contributed by atoms with Crippen LogP contribution in [0.4, 0.5) is 5.82 Å². The molecule has 6 rings (SSSR count). The van der Waals surface area contributed by atoms with E-state index in [-0.39, 0.29) is 0 Å². The molecule has 0 aliphatic carbocycles. The molecular formula is C22H20N8. The molecule has 0 radical (unpaired) electrons. The van der Waals surface area contributed by atoms with E-state index in [0.29, 0.717) is 0 Å². The van der Waals surface area contributed by atoms with Crippen LogP contribution in [-0.4, -0.2) is 48.2 Å². The Morgan fingerprint density at radius 3 is 2.60 bits per heavy atom. The van der Waals surface area contributed by atoms with Crippen molar-refractivity contribution >= 4 is 27.6 Å². The summed E-state index contributed by atoms with van der Waals surface area (Å²) >= 11 is 0. The Bertz CT molecular complexity index is 1330. The first-order valence-corrected chi connectivity index (χ1v) is 10.2. The molecule has 0 bridgehead atoms. The van der Waals surface area contributed by atoms with Crippen LogP contribution in [0.15, 0.2) is 49.2 Å². The van der Waals surface area contributed by atoms with E-state index >= 15 is 0 Å². The topological polar surface area (TPSA) is 99.3 Å². The number of nitrogens with zero attached hydrogens (tertiary/aromatic N) is 6. The van der Waals surface area contributed by atoms with Crippen LogP contribution in [0.1, 0.15) is 19.3 Å². The standard InChI is InChI=1S/C22H20N8/c1-2-8-30(9-3-1)22-15-11-18(27-16(15)4-5-25-22)21-14-10-17(20-12-23-6-7-24-20)26-13-19(14)28-29-21/h4-7,10-13,27H,1-3,8-9H2,(H,28,29). The van der Waals surface area contributed by atoms with Gasteiger partial charge in [-0.15, -0.1) is 0 Å². The van der Waals surface area contributed by atoms with Gasteiger partial charge in [0.25, 0.3) is 0 Å². The predicted octanol–water partition coefficient (Wildman–Crippen LogP) is 3.95. The van der Waals surface area contributed by atoms with Gasteiger partial charge in [-0.1, -0.05) is 0 Å². The molecule has 1 fully saturated rings. The molecule has 5 aromatic heterocycles. The average molecular weight is 396 g/mol. The lowest BCUT2D eigenvalue weighted by Crippen LogP contribution is -2.30. The van der Waals surface area contributed by atoms with Gasteiger partial charge in [0.05, 0.1) is 34.8 Å². The molecule has 0 saturated carbocycles. The molecule has 148 valence electrons. The van der Waals surface area contributed by atoms with E-state index in [0.717, 1.165) is 63.5 Å². The molecule has 8 heteroatoms. The predicted molar refractivity (Wildman–Crippen MR) is 116 cm³/mol. The van der Waals surface area contributed by atoms with Crippen LogP contribution < -0.4 is 4.90 Å². The molecule has 0 spiro atoms. The number of piperidine rings is 1. The number of hydrogen-bond donors (Lipinski definition) is 2. The molecule has 0 unspecified atom stereocenters. The lowest BCUT2D eigenvalue weighted by molar-refractivity contribution is 0.575. The van der Waals surface area contributed by atoms with E-state index in [1.807, 2.05) is 18.3 Å². The molecule has 30 heavy (non-hydrogen) atoms. The number of aromatic amines is 2. The van der Waals surface area contributed by atoms with Crippen molar-refractivity contribution in [1.82, 2.24) is 35.1 Å². The van der Waals surface area contributed by atoms with Crippen molar-refractivity contribution in [3.8, 4) is 22.8 Å². The first-order chi connectivity index (χ1) is 14.9. The summed E-state index contributed by atoms with van der Waals surface area (Å²) < 4.78 is 0. The first kappa shape index (κ1) is 17.1. The molecule has 1 saturated heterocycles. The Morgan fingerprint density at radius 2 is 1.73 bits per heavy atom. The van der Waals surface area contributed by atoms with Gasteiger partial charge in [0.1, 0.15) is 17.2 Å². The highest BCUT2D eigenvalue weighted by molar-refractivity contribution is 5.99. The van der Waals surface area contributed by atoms with Gasteiger partial charge < -0.3 is 9.88 Å². The minimum Gasteiger partial charge on any atom is -0.356 e. The fourth-order valence-corrected chi connectivity index (χ4v) is 4.22. The Balaban J connectivity index is 1.47. The van der Waals surface area contributed by atoms with Gasteiger partial charge in [-0.2, -0.15) is 5.10 Å². The molecule has 1 aliphatic rings. The minimum atomic E-state index is 0.736. The van der Waals surface area contributed by atoms with Gasteiger partial charge in [0, 0.05) is 42.5 Å². The smallest absolute Gasteiger partial charge is 0.137 e. The minimum absolute atomic E-state index is 0.736. The quantitative estimate of drug-likeness (QED) is 0.479. The SMILES string of the molecule is c1cnc(-c2cc3c(-c4cc5c(N6CCCCC6)nccc5[nH]4)n[nH]c3cn2)cn1. The highest BCUT2D eigenvalue weighted by Gasteiger charge is 2.18. The maximum Gasteiger partial charge on any atom is 0.137 e. The summed E-state index contributed by atoms with van der Waals surface area (Å²) in [6.07, 6.45) is 12.5. The number of rotatable bonds is 3. The molecule has 2 N–H and O–H groups in total. The Labute approximate surface area is 172 Å². The summed E-state index contributed by atoms with van der Waals surface area (Å²) in [6, 6.07) is 6.19. The van der Waals surface area contributed by atoms with Crippen LogP contribution in [0.5, 0.6) is 0 Å². The number of pyridine rings is 2. The van der Waals surface area contributed by atoms with E-state index in [2.05, 4.69) is 41.1 Å². The highest BCUT2D eigenvalue weighted by atomic mass is 15.2. The van der Waals surface area contributed by atoms with Crippen molar-refractivity contribution in [2.75, 3.05) is 18.0 Å². The van der Waals surface area contributed by atoms with E-state index in [9.17, 15) is 0 Å². The zero-order valence-corrected chi connectivity index (χ0v) is 16.3. The molecule has 5 aromatic rings. The number of nitrogens with one attached hydrogen (secondary N) is 2. The summed E-state index contributed by atoms with van der Waals surface area (Å²) in [5, 5.41) is 9.79. The summed E-state index contributed by atoms with van der Waals surface area (Å²) in [7, 11) is 0. The second-order valence-electron chi connectivity index (χ2n) is 7.60.